The maximum atomic E-state index is 11.3. The molecule has 5 heteroatoms. The van der Waals surface area contributed by atoms with Crippen molar-refractivity contribution in [2.45, 2.75) is 19.9 Å². The predicted molar refractivity (Wildman–Crippen MR) is 50.0 cm³/mol. The molecule has 5 nitrogen and oxygen atoms in total. The van der Waals surface area contributed by atoms with Gasteiger partial charge in [-0.25, -0.2) is 9.78 Å². The molecule has 2 N–H and O–H groups in total. The van der Waals surface area contributed by atoms with Crippen molar-refractivity contribution in [1.29, 1.82) is 0 Å². The normalized spacial score (nSPS) is 14.9. The van der Waals surface area contributed by atoms with Gasteiger partial charge in [0.05, 0.1) is 18.0 Å². The summed E-state index contributed by atoms with van der Waals surface area (Å²) in [4.78, 5) is 18.5. The van der Waals surface area contributed by atoms with Gasteiger partial charge in [-0.1, -0.05) is 0 Å². The molecule has 0 aliphatic carbocycles. The van der Waals surface area contributed by atoms with Gasteiger partial charge in [0.2, 0.25) is 5.82 Å². The Hall–Kier alpha value is -1.36. The Labute approximate surface area is 81.9 Å². The Balaban J connectivity index is 2.19. The highest BCUT2D eigenvalue weighted by atomic mass is 16.5. The molecule has 0 aromatic carbocycles. The average Bonchev–Trinajstić information content (AvgIpc) is 2.61. The summed E-state index contributed by atoms with van der Waals surface area (Å²) < 4.78 is 4.85. The lowest BCUT2D eigenvalue weighted by Gasteiger charge is -2.09. The molecule has 2 heterocycles. The van der Waals surface area contributed by atoms with E-state index >= 15 is 0 Å². The second kappa shape index (κ2) is 3.79. The van der Waals surface area contributed by atoms with E-state index in [-0.39, 0.29) is 5.97 Å². The first-order valence-corrected chi connectivity index (χ1v) is 4.77. The number of rotatable bonds is 2. The first-order valence-electron chi connectivity index (χ1n) is 4.77. The second-order valence-electron chi connectivity index (χ2n) is 3.16. The summed E-state index contributed by atoms with van der Waals surface area (Å²) in [7, 11) is 0. The number of fused-ring (bicyclic) bond motifs is 1. The number of H-pyrrole nitrogens is 1. The lowest BCUT2D eigenvalue weighted by Crippen LogP contribution is -2.23. The SMILES string of the molecule is CCOC(=O)c1nc2c([nH]1)CNCC2. The summed E-state index contributed by atoms with van der Waals surface area (Å²) in [5.74, 6) is -0.0533. The zero-order valence-corrected chi connectivity index (χ0v) is 8.09. The van der Waals surface area contributed by atoms with E-state index in [1.165, 1.54) is 0 Å². The van der Waals surface area contributed by atoms with Crippen LogP contribution in [0.2, 0.25) is 0 Å². The van der Waals surface area contributed by atoms with Crippen LogP contribution in [0.25, 0.3) is 0 Å². The Morgan fingerprint density at radius 1 is 1.64 bits per heavy atom. The molecule has 0 amide bonds. The fraction of sp³-hybridized carbons (Fsp3) is 0.556. The minimum atomic E-state index is -0.373. The molecule has 1 aliphatic heterocycles. The molecule has 0 bridgehead atoms. The van der Waals surface area contributed by atoms with Crippen molar-refractivity contribution in [3.05, 3.63) is 17.2 Å². The molecular weight excluding hydrogens is 182 g/mol. The lowest BCUT2D eigenvalue weighted by atomic mass is 10.2. The number of aromatic amines is 1. The molecule has 1 aromatic heterocycles. The van der Waals surface area contributed by atoms with E-state index in [0.717, 1.165) is 30.9 Å². The van der Waals surface area contributed by atoms with Crippen molar-refractivity contribution < 1.29 is 9.53 Å². The fourth-order valence-electron chi connectivity index (χ4n) is 1.51. The molecule has 1 aromatic rings. The van der Waals surface area contributed by atoms with Crippen LogP contribution in [0.4, 0.5) is 0 Å². The van der Waals surface area contributed by atoms with Crippen LogP contribution in [0.15, 0.2) is 0 Å². The van der Waals surface area contributed by atoms with Crippen LogP contribution in [0, 0.1) is 0 Å². The number of aromatic nitrogens is 2. The Kier molecular flexibility index (Phi) is 2.49. The molecule has 0 radical (unpaired) electrons. The number of nitrogens with zero attached hydrogens (tertiary/aromatic N) is 1. The molecule has 14 heavy (non-hydrogen) atoms. The zero-order chi connectivity index (χ0) is 9.97. The standard InChI is InChI=1S/C9H13N3O2/c1-2-14-9(13)8-11-6-3-4-10-5-7(6)12-8/h10H,2-5H2,1H3,(H,11,12). The van der Waals surface area contributed by atoms with Crippen LogP contribution in [-0.4, -0.2) is 29.1 Å². The second-order valence-corrected chi connectivity index (χ2v) is 3.16. The van der Waals surface area contributed by atoms with Crippen LogP contribution in [0.3, 0.4) is 0 Å². The minimum Gasteiger partial charge on any atom is -0.460 e. The van der Waals surface area contributed by atoms with Crippen molar-refractivity contribution in [2.75, 3.05) is 13.2 Å². The van der Waals surface area contributed by atoms with E-state index in [1.807, 2.05) is 0 Å². The monoisotopic (exact) mass is 195 g/mol. The van der Waals surface area contributed by atoms with Gasteiger partial charge in [-0.3, -0.25) is 0 Å². The number of esters is 1. The highest BCUT2D eigenvalue weighted by molar-refractivity contribution is 5.85. The third-order valence-corrected chi connectivity index (χ3v) is 2.17. The van der Waals surface area contributed by atoms with Crippen molar-refractivity contribution in [3.63, 3.8) is 0 Å². The number of nitrogens with one attached hydrogen (secondary N) is 2. The van der Waals surface area contributed by atoms with Gasteiger partial charge in [0.15, 0.2) is 0 Å². The molecule has 0 atom stereocenters. The fourth-order valence-corrected chi connectivity index (χ4v) is 1.51. The summed E-state index contributed by atoms with van der Waals surface area (Å²) in [6.07, 6.45) is 0.866. The van der Waals surface area contributed by atoms with E-state index in [4.69, 9.17) is 4.74 Å². The quantitative estimate of drug-likeness (QED) is 0.663. The summed E-state index contributed by atoms with van der Waals surface area (Å²) >= 11 is 0. The van der Waals surface area contributed by atoms with Gasteiger partial charge >= 0.3 is 5.97 Å². The third kappa shape index (κ3) is 1.63. The Bertz CT molecular complexity index is 322. The van der Waals surface area contributed by atoms with Gasteiger partial charge in [0.25, 0.3) is 0 Å². The number of ether oxygens (including phenoxy) is 1. The number of imidazole rings is 1. The highest BCUT2D eigenvalue weighted by Crippen LogP contribution is 2.11. The molecule has 0 fully saturated rings. The molecule has 1 aliphatic rings. The molecular formula is C9H13N3O2. The van der Waals surface area contributed by atoms with E-state index in [1.54, 1.807) is 6.92 Å². The summed E-state index contributed by atoms with van der Waals surface area (Å²) in [6, 6.07) is 0. The van der Waals surface area contributed by atoms with E-state index in [2.05, 4.69) is 15.3 Å². The van der Waals surface area contributed by atoms with Crippen molar-refractivity contribution in [3.8, 4) is 0 Å². The summed E-state index contributed by atoms with van der Waals surface area (Å²) in [5.41, 5.74) is 1.98. The molecule has 2 rings (SSSR count). The van der Waals surface area contributed by atoms with Gasteiger partial charge in [0, 0.05) is 19.5 Å². The first kappa shape index (κ1) is 9.21. The molecule has 0 spiro atoms. The number of hydrogen-bond donors (Lipinski definition) is 2. The largest absolute Gasteiger partial charge is 0.460 e. The topological polar surface area (TPSA) is 67.0 Å². The number of hydrogen-bond acceptors (Lipinski definition) is 4. The summed E-state index contributed by atoms with van der Waals surface area (Å²) in [5, 5.41) is 3.20. The summed E-state index contributed by atoms with van der Waals surface area (Å²) in [6.45, 7) is 3.83. The zero-order valence-electron chi connectivity index (χ0n) is 8.09. The lowest BCUT2D eigenvalue weighted by molar-refractivity contribution is 0.0513. The van der Waals surface area contributed by atoms with Crippen molar-refractivity contribution in [2.24, 2.45) is 0 Å². The molecule has 0 saturated carbocycles. The van der Waals surface area contributed by atoms with E-state index in [9.17, 15) is 4.79 Å². The Morgan fingerprint density at radius 3 is 3.21 bits per heavy atom. The predicted octanol–water partition coefficient (Wildman–Crippen LogP) is 0.232. The Morgan fingerprint density at radius 2 is 2.50 bits per heavy atom. The van der Waals surface area contributed by atoms with Crippen molar-refractivity contribution >= 4 is 5.97 Å². The highest BCUT2D eigenvalue weighted by Gasteiger charge is 2.18. The third-order valence-electron chi connectivity index (χ3n) is 2.17. The van der Waals surface area contributed by atoms with Gasteiger partial charge < -0.3 is 15.0 Å². The molecule has 0 saturated heterocycles. The van der Waals surface area contributed by atoms with Crippen LogP contribution in [0.1, 0.15) is 28.9 Å². The van der Waals surface area contributed by atoms with Gasteiger partial charge in [-0.05, 0) is 6.92 Å². The maximum Gasteiger partial charge on any atom is 0.374 e. The van der Waals surface area contributed by atoms with Gasteiger partial charge in [-0.2, -0.15) is 0 Å². The average molecular weight is 195 g/mol. The molecule has 76 valence electrons. The molecule has 0 unspecified atom stereocenters. The number of carbonyl (C=O) groups excluding carboxylic acids is 1. The first-order chi connectivity index (χ1) is 6.81. The van der Waals surface area contributed by atoms with Crippen LogP contribution < -0.4 is 5.32 Å². The minimum absolute atomic E-state index is 0.320. The van der Waals surface area contributed by atoms with Gasteiger partial charge in [-0.15, -0.1) is 0 Å². The maximum absolute atomic E-state index is 11.3. The van der Waals surface area contributed by atoms with Gasteiger partial charge in [0.1, 0.15) is 0 Å². The number of carbonyl (C=O) groups is 1. The van der Waals surface area contributed by atoms with E-state index in [0.29, 0.717) is 12.4 Å². The van der Waals surface area contributed by atoms with Crippen LogP contribution in [0.5, 0.6) is 0 Å². The van der Waals surface area contributed by atoms with Crippen LogP contribution in [-0.2, 0) is 17.7 Å². The van der Waals surface area contributed by atoms with Crippen LogP contribution >= 0.6 is 0 Å². The van der Waals surface area contributed by atoms with E-state index < -0.39 is 0 Å². The van der Waals surface area contributed by atoms with Crippen molar-refractivity contribution in [1.82, 2.24) is 15.3 Å². The smallest absolute Gasteiger partial charge is 0.374 e.